The van der Waals surface area contributed by atoms with Crippen LogP contribution >= 0.6 is 0 Å². The van der Waals surface area contributed by atoms with Gasteiger partial charge in [-0.2, -0.15) is 8.42 Å². The number of rotatable bonds is 3. The van der Waals surface area contributed by atoms with Gasteiger partial charge in [-0.15, -0.1) is 8.73 Å². The minimum absolute atomic E-state index is 1.58. The number of hydrogen-bond donors (Lipinski definition) is 0. The molecular formula is C12F12N2O2S2. The van der Waals surface area contributed by atoms with Gasteiger partial charge in [0.2, 0.25) is 0 Å². The van der Waals surface area contributed by atoms with Gasteiger partial charge in [-0.05, 0) is 0 Å². The lowest BCUT2D eigenvalue weighted by Gasteiger charge is -2.13. The van der Waals surface area contributed by atoms with Crippen LogP contribution in [0.4, 0.5) is 62.0 Å². The van der Waals surface area contributed by atoms with Crippen LogP contribution in [0.5, 0.6) is 0 Å². The molecule has 0 saturated heterocycles. The van der Waals surface area contributed by atoms with Gasteiger partial charge in [0, 0.05) is 0 Å². The lowest BCUT2D eigenvalue weighted by molar-refractivity contribution is 0.445. The zero-order valence-corrected chi connectivity index (χ0v) is 14.7. The second-order valence-electron chi connectivity index (χ2n) is 4.94. The first kappa shape index (κ1) is 23.8. The van der Waals surface area contributed by atoms with E-state index in [1.165, 1.54) is 0 Å². The summed E-state index contributed by atoms with van der Waals surface area (Å²) in [4.78, 5) is 0. The average molecular weight is 496 g/mol. The topological polar surface area (TPSA) is 58.9 Å². The van der Waals surface area contributed by atoms with Crippen LogP contribution in [-0.2, 0) is 21.0 Å². The fourth-order valence-electron chi connectivity index (χ4n) is 2.05. The second kappa shape index (κ2) is 7.64. The van der Waals surface area contributed by atoms with Crippen LogP contribution in [0.3, 0.4) is 0 Å². The van der Waals surface area contributed by atoms with Crippen LogP contribution < -0.4 is 0 Å². The Bertz CT molecular complexity index is 1150. The molecule has 2 rings (SSSR count). The maximum Gasteiger partial charge on any atom is 0.372 e. The molecule has 0 aliphatic carbocycles. The number of halogens is 12. The summed E-state index contributed by atoms with van der Waals surface area (Å²) in [6.07, 6.45) is 0. The second-order valence-corrected chi connectivity index (χ2v) is 6.89. The van der Waals surface area contributed by atoms with Gasteiger partial charge >= 0.3 is 21.0 Å². The molecule has 0 atom stereocenters. The first-order chi connectivity index (χ1) is 13.5. The molecule has 0 N–H and O–H groups in total. The summed E-state index contributed by atoms with van der Waals surface area (Å²) in [6.45, 7) is 0. The van der Waals surface area contributed by atoms with Crippen LogP contribution in [0.1, 0.15) is 0 Å². The highest BCUT2D eigenvalue weighted by atomic mass is 32.3. The molecule has 0 amide bonds. The molecule has 30 heavy (non-hydrogen) atoms. The molecular weight excluding hydrogens is 496 g/mol. The van der Waals surface area contributed by atoms with E-state index in [1.807, 2.05) is 0 Å². The van der Waals surface area contributed by atoms with Crippen molar-refractivity contribution >= 4 is 32.4 Å². The molecule has 0 heterocycles. The summed E-state index contributed by atoms with van der Waals surface area (Å²) in [5.74, 6) is -23.2. The van der Waals surface area contributed by atoms with Gasteiger partial charge in [0.05, 0.1) is 11.1 Å². The van der Waals surface area contributed by atoms with Crippen LogP contribution in [0.2, 0.25) is 0 Å². The monoisotopic (exact) mass is 496 g/mol. The van der Waals surface area contributed by atoms with Crippen molar-refractivity contribution < 1.29 is 59.1 Å². The van der Waals surface area contributed by atoms with Crippen molar-refractivity contribution in [2.24, 2.45) is 8.73 Å². The highest BCUT2D eigenvalue weighted by Crippen LogP contribution is 2.42. The van der Waals surface area contributed by atoms with Gasteiger partial charge in [0.1, 0.15) is 0 Å². The molecule has 18 heteroatoms. The molecule has 0 aromatic heterocycles. The quantitative estimate of drug-likeness (QED) is 0.289. The van der Waals surface area contributed by atoms with Crippen LogP contribution in [0.25, 0.3) is 11.1 Å². The molecule has 0 saturated carbocycles. The molecule has 0 spiro atoms. The van der Waals surface area contributed by atoms with Crippen LogP contribution in [0.15, 0.2) is 8.73 Å². The average Bonchev–Trinajstić information content (AvgIpc) is 2.60. The maximum atomic E-state index is 14.0. The maximum absolute atomic E-state index is 14.0. The largest absolute Gasteiger partial charge is 0.372 e. The van der Waals surface area contributed by atoms with Gasteiger partial charge < -0.3 is 0 Å². The summed E-state index contributed by atoms with van der Waals surface area (Å²) >= 11 is 0. The Labute approximate surface area is 158 Å². The van der Waals surface area contributed by atoms with Crippen molar-refractivity contribution in [3.8, 4) is 11.1 Å². The zero-order chi connectivity index (χ0) is 23.3. The van der Waals surface area contributed by atoms with E-state index in [4.69, 9.17) is 0 Å². The summed E-state index contributed by atoms with van der Waals surface area (Å²) in [5, 5.41) is 0. The Kier molecular flexibility index (Phi) is 6.05. The van der Waals surface area contributed by atoms with Crippen molar-refractivity contribution in [3.63, 3.8) is 0 Å². The fourth-order valence-corrected chi connectivity index (χ4v) is 2.80. The van der Waals surface area contributed by atoms with Crippen LogP contribution in [0, 0.1) is 46.5 Å². The number of nitrogens with zero attached hydrogens (tertiary/aromatic N) is 2. The SMILES string of the molecule is O=S(F)(F)=Nc1c(F)c(F)c(-c2c(F)c(F)c(N=S(=O)(F)F)c(F)c2F)c(F)c1F. The summed E-state index contributed by atoms with van der Waals surface area (Å²) in [5.41, 5.74) is -10.1. The smallest absolute Gasteiger partial charge is 0.203 e. The molecule has 0 radical (unpaired) electrons. The first-order valence-corrected chi connectivity index (χ1v) is 9.16. The zero-order valence-electron chi connectivity index (χ0n) is 13.1. The number of benzene rings is 2. The van der Waals surface area contributed by atoms with E-state index in [1.54, 1.807) is 8.73 Å². The molecule has 0 aliphatic rings. The van der Waals surface area contributed by atoms with Crippen molar-refractivity contribution in [2.75, 3.05) is 0 Å². The molecule has 0 bridgehead atoms. The highest BCUT2D eigenvalue weighted by molar-refractivity contribution is 7.83. The van der Waals surface area contributed by atoms with Crippen molar-refractivity contribution in [3.05, 3.63) is 46.5 Å². The van der Waals surface area contributed by atoms with E-state index in [9.17, 15) is 59.1 Å². The first-order valence-electron chi connectivity index (χ1n) is 6.52. The minimum atomic E-state index is -6.40. The van der Waals surface area contributed by atoms with Crippen molar-refractivity contribution in [1.82, 2.24) is 0 Å². The Balaban J connectivity index is 3.04. The van der Waals surface area contributed by atoms with E-state index < -0.39 is 90.0 Å². The van der Waals surface area contributed by atoms with Gasteiger partial charge in [0.15, 0.2) is 57.9 Å². The lowest BCUT2D eigenvalue weighted by atomic mass is 10.0. The predicted octanol–water partition coefficient (Wildman–Crippen LogP) is 6.20. The Hall–Kier alpha value is -2.50. The van der Waals surface area contributed by atoms with Crippen molar-refractivity contribution in [1.29, 1.82) is 0 Å². The normalized spacial score (nSPS) is 12.3. The van der Waals surface area contributed by atoms with Gasteiger partial charge in [-0.25, -0.2) is 35.1 Å². The molecule has 2 aromatic rings. The minimum Gasteiger partial charge on any atom is -0.203 e. The molecule has 166 valence electrons. The Morgan fingerprint density at radius 2 is 0.633 bits per heavy atom. The molecule has 0 aliphatic heterocycles. The van der Waals surface area contributed by atoms with Crippen molar-refractivity contribution in [2.45, 2.75) is 0 Å². The predicted molar refractivity (Wildman–Crippen MR) is 76.4 cm³/mol. The third-order valence-corrected chi connectivity index (χ3v) is 3.92. The molecule has 4 nitrogen and oxygen atoms in total. The summed E-state index contributed by atoms with van der Waals surface area (Å²) in [7, 11) is -12.8. The van der Waals surface area contributed by atoms with E-state index in [-0.39, 0.29) is 0 Å². The van der Waals surface area contributed by atoms with Gasteiger partial charge in [-0.3, -0.25) is 0 Å². The van der Waals surface area contributed by atoms with E-state index in [2.05, 4.69) is 0 Å². The van der Waals surface area contributed by atoms with E-state index in [0.29, 0.717) is 0 Å². The fraction of sp³-hybridized carbons (Fsp3) is 0. The third-order valence-electron chi connectivity index (χ3n) is 3.13. The van der Waals surface area contributed by atoms with E-state index >= 15 is 0 Å². The van der Waals surface area contributed by atoms with E-state index in [0.717, 1.165) is 0 Å². The highest BCUT2D eigenvalue weighted by Gasteiger charge is 2.35. The molecule has 0 unspecified atom stereocenters. The molecule has 0 fully saturated rings. The number of hydrogen-bond acceptors (Lipinski definition) is 4. The third kappa shape index (κ3) is 4.32. The Morgan fingerprint density at radius 3 is 0.800 bits per heavy atom. The molecule has 2 aromatic carbocycles. The summed E-state index contributed by atoms with van der Waals surface area (Å²) < 4.78 is 184. The van der Waals surface area contributed by atoms with Gasteiger partial charge in [0.25, 0.3) is 0 Å². The Morgan fingerprint density at radius 1 is 0.433 bits per heavy atom. The van der Waals surface area contributed by atoms with Crippen LogP contribution in [-0.4, -0.2) is 8.42 Å². The standard InChI is InChI=1S/C12F12N2O2S2/c13-3-1(4(14)8(18)11(7(3)17)25-29(21,22)27)2-5(15)9(19)12(10(20)6(2)16)26-30(23,24)28. The lowest BCUT2D eigenvalue weighted by Crippen LogP contribution is -2.07. The van der Waals surface area contributed by atoms with Gasteiger partial charge in [-0.1, -0.05) is 15.5 Å². The summed E-state index contributed by atoms with van der Waals surface area (Å²) in [6, 6.07) is 0.